The van der Waals surface area contributed by atoms with Gasteiger partial charge in [-0.2, -0.15) is 0 Å². The summed E-state index contributed by atoms with van der Waals surface area (Å²) < 4.78 is 10.4. The monoisotopic (exact) mass is 275 g/mol. The number of aromatic nitrogens is 2. The Hall–Kier alpha value is -2.50. The molecule has 106 valence electrons. The fraction of sp³-hybridized carbons (Fsp3) is 0.286. The van der Waals surface area contributed by atoms with Crippen molar-refractivity contribution >= 4 is 5.91 Å². The Morgan fingerprint density at radius 1 is 1.30 bits per heavy atom. The number of carbonyl (C=O) groups is 1. The molecule has 0 aliphatic heterocycles. The quantitative estimate of drug-likeness (QED) is 0.870. The summed E-state index contributed by atoms with van der Waals surface area (Å²) in [6.07, 6.45) is 1.51. The Kier molecular flexibility index (Phi) is 4.24. The minimum atomic E-state index is -0.194. The highest BCUT2D eigenvalue weighted by molar-refractivity contribution is 5.92. The number of nitrogens with zero attached hydrogens (tertiary/aromatic N) is 1. The molecule has 1 heterocycles. The molecular formula is C14H17N3O3. The van der Waals surface area contributed by atoms with Gasteiger partial charge in [0.05, 0.1) is 20.4 Å². The van der Waals surface area contributed by atoms with Gasteiger partial charge in [-0.05, 0) is 24.6 Å². The Morgan fingerprint density at radius 3 is 2.65 bits per heavy atom. The van der Waals surface area contributed by atoms with Crippen LogP contribution in [0.1, 0.15) is 21.9 Å². The lowest BCUT2D eigenvalue weighted by Crippen LogP contribution is -2.23. The van der Waals surface area contributed by atoms with Crippen molar-refractivity contribution in [1.29, 1.82) is 0 Å². The van der Waals surface area contributed by atoms with Crippen molar-refractivity contribution in [2.45, 2.75) is 13.5 Å². The molecule has 6 nitrogen and oxygen atoms in total. The number of amides is 1. The van der Waals surface area contributed by atoms with Crippen LogP contribution in [0.2, 0.25) is 0 Å². The summed E-state index contributed by atoms with van der Waals surface area (Å²) in [7, 11) is 3.16. The summed E-state index contributed by atoms with van der Waals surface area (Å²) in [5.41, 5.74) is 1.37. The van der Waals surface area contributed by atoms with E-state index in [1.165, 1.54) is 6.20 Å². The first-order valence-electron chi connectivity index (χ1n) is 6.14. The summed E-state index contributed by atoms with van der Waals surface area (Å²) in [6.45, 7) is 2.20. The van der Waals surface area contributed by atoms with Crippen molar-refractivity contribution in [2.75, 3.05) is 14.2 Å². The highest BCUT2D eigenvalue weighted by atomic mass is 16.5. The average Bonchev–Trinajstić information content (AvgIpc) is 2.91. The van der Waals surface area contributed by atoms with E-state index in [0.717, 1.165) is 5.56 Å². The molecular weight excluding hydrogens is 258 g/mol. The van der Waals surface area contributed by atoms with Crippen LogP contribution >= 0.6 is 0 Å². The van der Waals surface area contributed by atoms with Crippen LogP contribution < -0.4 is 14.8 Å². The molecule has 0 unspecified atom stereocenters. The third kappa shape index (κ3) is 3.09. The molecule has 0 atom stereocenters. The van der Waals surface area contributed by atoms with Crippen LogP contribution in [0.3, 0.4) is 0 Å². The van der Waals surface area contributed by atoms with E-state index in [1.807, 2.05) is 12.1 Å². The van der Waals surface area contributed by atoms with Crippen molar-refractivity contribution in [3.8, 4) is 11.5 Å². The molecule has 0 saturated carbocycles. The third-order valence-corrected chi connectivity index (χ3v) is 2.85. The van der Waals surface area contributed by atoms with Crippen molar-refractivity contribution < 1.29 is 14.3 Å². The molecule has 2 N–H and O–H groups in total. The first kappa shape index (κ1) is 13.9. The number of nitrogens with one attached hydrogen (secondary N) is 2. The number of rotatable bonds is 5. The Morgan fingerprint density at radius 2 is 2.05 bits per heavy atom. The van der Waals surface area contributed by atoms with Crippen LogP contribution in [0, 0.1) is 6.92 Å². The maximum atomic E-state index is 11.9. The molecule has 20 heavy (non-hydrogen) atoms. The molecule has 0 aliphatic rings. The molecule has 1 aromatic heterocycles. The lowest BCUT2D eigenvalue weighted by Gasteiger charge is -2.10. The number of aromatic amines is 1. The summed E-state index contributed by atoms with van der Waals surface area (Å²) in [5, 5.41) is 2.81. The normalized spacial score (nSPS) is 10.2. The highest BCUT2D eigenvalue weighted by Gasteiger charge is 2.09. The zero-order valence-corrected chi connectivity index (χ0v) is 11.7. The maximum absolute atomic E-state index is 11.9. The molecule has 0 fully saturated rings. The molecule has 0 radical (unpaired) electrons. The van der Waals surface area contributed by atoms with E-state index >= 15 is 0 Å². The van der Waals surface area contributed by atoms with Gasteiger partial charge in [0.1, 0.15) is 11.5 Å². The number of imidazole rings is 1. The van der Waals surface area contributed by atoms with Gasteiger partial charge >= 0.3 is 0 Å². The third-order valence-electron chi connectivity index (χ3n) is 2.85. The second-order valence-corrected chi connectivity index (χ2v) is 4.25. The van der Waals surface area contributed by atoms with Gasteiger partial charge in [0.25, 0.3) is 5.91 Å². The van der Waals surface area contributed by atoms with Crippen molar-refractivity contribution in [3.63, 3.8) is 0 Å². The summed E-state index contributed by atoms with van der Waals surface area (Å²) in [6, 6.07) is 5.51. The molecule has 0 bridgehead atoms. The average molecular weight is 275 g/mol. The number of H-pyrrole nitrogens is 1. The Labute approximate surface area is 117 Å². The van der Waals surface area contributed by atoms with Gasteiger partial charge in [-0.1, -0.05) is 6.07 Å². The Bertz CT molecular complexity index is 607. The fourth-order valence-electron chi connectivity index (χ4n) is 1.80. The first-order valence-corrected chi connectivity index (χ1v) is 6.14. The van der Waals surface area contributed by atoms with Gasteiger partial charge in [0.15, 0.2) is 11.5 Å². The summed E-state index contributed by atoms with van der Waals surface area (Å²) in [4.78, 5) is 18.7. The van der Waals surface area contributed by atoms with E-state index in [9.17, 15) is 4.79 Å². The van der Waals surface area contributed by atoms with Gasteiger partial charge < -0.3 is 19.8 Å². The zero-order chi connectivity index (χ0) is 14.5. The van der Waals surface area contributed by atoms with Gasteiger partial charge in [-0.25, -0.2) is 4.98 Å². The van der Waals surface area contributed by atoms with Crippen molar-refractivity contribution in [1.82, 2.24) is 15.3 Å². The highest BCUT2D eigenvalue weighted by Crippen LogP contribution is 2.27. The molecule has 1 aromatic carbocycles. The van der Waals surface area contributed by atoms with Crippen LogP contribution in [0.5, 0.6) is 11.5 Å². The van der Waals surface area contributed by atoms with Gasteiger partial charge in [-0.15, -0.1) is 0 Å². The maximum Gasteiger partial charge on any atom is 0.269 e. The molecule has 0 saturated heterocycles. The second kappa shape index (κ2) is 6.10. The second-order valence-electron chi connectivity index (χ2n) is 4.25. The Balaban J connectivity index is 2.02. The number of hydrogen-bond donors (Lipinski definition) is 2. The number of aryl methyl sites for hydroxylation is 1. The fourth-order valence-corrected chi connectivity index (χ4v) is 1.80. The predicted octanol–water partition coefficient (Wildman–Crippen LogP) is 1.67. The lowest BCUT2D eigenvalue weighted by atomic mass is 10.2. The molecule has 1 amide bonds. The lowest BCUT2D eigenvalue weighted by molar-refractivity contribution is 0.0946. The van der Waals surface area contributed by atoms with Crippen LogP contribution in [0.4, 0.5) is 0 Å². The molecule has 6 heteroatoms. The van der Waals surface area contributed by atoms with E-state index in [-0.39, 0.29) is 5.91 Å². The molecule has 0 aliphatic carbocycles. The summed E-state index contributed by atoms with van der Waals surface area (Å²) >= 11 is 0. The summed E-state index contributed by atoms with van der Waals surface area (Å²) in [5.74, 6) is 1.81. The van der Waals surface area contributed by atoms with Gasteiger partial charge in [0, 0.05) is 6.54 Å². The smallest absolute Gasteiger partial charge is 0.269 e. The largest absolute Gasteiger partial charge is 0.493 e. The topological polar surface area (TPSA) is 76.2 Å². The van der Waals surface area contributed by atoms with Crippen LogP contribution in [-0.4, -0.2) is 30.1 Å². The van der Waals surface area contributed by atoms with Crippen molar-refractivity contribution in [3.05, 3.63) is 41.5 Å². The minimum Gasteiger partial charge on any atom is -0.493 e. The number of benzene rings is 1. The van der Waals surface area contributed by atoms with Crippen LogP contribution in [0.25, 0.3) is 0 Å². The predicted molar refractivity (Wildman–Crippen MR) is 74.0 cm³/mol. The zero-order valence-electron chi connectivity index (χ0n) is 11.7. The van der Waals surface area contributed by atoms with Crippen LogP contribution in [-0.2, 0) is 6.54 Å². The van der Waals surface area contributed by atoms with E-state index in [0.29, 0.717) is 29.6 Å². The number of ether oxygens (including phenoxy) is 2. The van der Waals surface area contributed by atoms with E-state index in [1.54, 1.807) is 27.2 Å². The van der Waals surface area contributed by atoms with E-state index in [2.05, 4.69) is 15.3 Å². The SMILES string of the molecule is COc1ccc(CNC(=O)c2cnc(C)[nH]2)cc1OC. The number of methoxy groups -OCH3 is 2. The van der Waals surface area contributed by atoms with E-state index < -0.39 is 0 Å². The molecule has 0 spiro atoms. The minimum absolute atomic E-state index is 0.194. The van der Waals surface area contributed by atoms with Crippen LogP contribution in [0.15, 0.2) is 24.4 Å². The molecule has 2 aromatic rings. The standard InChI is InChI=1S/C14H17N3O3/c1-9-15-8-11(17-9)14(18)16-7-10-4-5-12(19-2)13(6-10)20-3/h4-6,8H,7H2,1-3H3,(H,15,17)(H,16,18). The molecule has 2 rings (SSSR count). The van der Waals surface area contributed by atoms with Gasteiger partial charge in [0.2, 0.25) is 0 Å². The van der Waals surface area contributed by atoms with E-state index in [4.69, 9.17) is 9.47 Å². The number of hydrogen-bond acceptors (Lipinski definition) is 4. The van der Waals surface area contributed by atoms with Crippen molar-refractivity contribution in [2.24, 2.45) is 0 Å². The number of carbonyl (C=O) groups excluding carboxylic acids is 1. The van der Waals surface area contributed by atoms with Gasteiger partial charge in [-0.3, -0.25) is 4.79 Å². The first-order chi connectivity index (χ1) is 9.63.